The van der Waals surface area contributed by atoms with E-state index in [1.54, 1.807) is 11.8 Å². The molecule has 9 heteroatoms. The Morgan fingerprint density at radius 3 is 2.68 bits per heavy atom. The molecule has 0 radical (unpaired) electrons. The van der Waals surface area contributed by atoms with E-state index in [0.29, 0.717) is 17.3 Å². The molecule has 0 fully saturated rings. The van der Waals surface area contributed by atoms with Crippen molar-refractivity contribution in [1.29, 1.82) is 0 Å². The molecule has 4 rings (SSSR count). The largest absolute Gasteiger partial charge is 0.358 e. The fourth-order valence-electron chi connectivity index (χ4n) is 2.76. The van der Waals surface area contributed by atoms with Crippen LogP contribution in [0.1, 0.15) is 31.8 Å². The van der Waals surface area contributed by atoms with Crippen LogP contribution >= 0.6 is 34.4 Å². The summed E-state index contributed by atoms with van der Waals surface area (Å²) in [6.45, 7) is 6.13. The molecule has 0 aliphatic rings. The topological polar surface area (TPSA) is 83.6 Å². The maximum atomic E-state index is 12.8. The van der Waals surface area contributed by atoms with Gasteiger partial charge in [0.2, 0.25) is 5.13 Å². The molecule has 3 heterocycles. The van der Waals surface area contributed by atoms with Crippen molar-refractivity contribution in [2.45, 2.75) is 36.4 Å². The molecule has 0 saturated carbocycles. The highest BCUT2D eigenvalue weighted by Gasteiger charge is 2.18. The molecule has 1 atom stereocenters. The van der Waals surface area contributed by atoms with Crippen LogP contribution in [0.15, 0.2) is 44.8 Å². The molecule has 1 unspecified atom stereocenters. The SMILES string of the molecule is CC(C)Nc1nnc(SC(C)c2nc3scc(-c4ccccc4)c3c(=O)[nH]2)s1. The molecule has 6 nitrogen and oxygen atoms in total. The van der Waals surface area contributed by atoms with E-state index in [2.05, 4.69) is 34.3 Å². The number of anilines is 1. The van der Waals surface area contributed by atoms with E-state index in [1.807, 2.05) is 42.6 Å². The van der Waals surface area contributed by atoms with Crippen molar-refractivity contribution in [3.05, 3.63) is 51.9 Å². The minimum Gasteiger partial charge on any atom is -0.358 e. The minimum absolute atomic E-state index is 0.0424. The number of hydrogen-bond acceptors (Lipinski definition) is 8. The lowest BCUT2D eigenvalue weighted by molar-refractivity contribution is 0.882. The second kappa shape index (κ2) is 8.02. The normalized spacial score (nSPS) is 12.6. The number of benzene rings is 1. The molecular weight excluding hydrogens is 410 g/mol. The highest BCUT2D eigenvalue weighted by molar-refractivity contribution is 8.01. The summed E-state index contributed by atoms with van der Waals surface area (Å²) in [6, 6.07) is 10.2. The Labute approximate surface area is 174 Å². The summed E-state index contributed by atoms with van der Waals surface area (Å²) in [5, 5.41) is 15.0. The maximum absolute atomic E-state index is 12.8. The van der Waals surface area contributed by atoms with Crippen molar-refractivity contribution in [2.75, 3.05) is 5.32 Å². The van der Waals surface area contributed by atoms with Crippen LogP contribution in [0.5, 0.6) is 0 Å². The van der Waals surface area contributed by atoms with Gasteiger partial charge in [-0.2, -0.15) is 0 Å². The van der Waals surface area contributed by atoms with E-state index in [9.17, 15) is 4.79 Å². The molecule has 0 aliphatic heterocycles. The van der Waals surface area contributed by atoms with Crippen LogP contribution < -0.4 is 10.9 Å². The average Bonchev–Trinajstić information content (AvgIpc) is 3.29. The van der Waals surface area contributed by atoms with Gasteiger partial charge in [-0.05, 0) is 26.3 Å². The number of aromatic nitrogens is 4. The molecular formula is C19H19N5OS3. The zero-order valence-corrected chi connectivity index (χ0v) is 18.0. The van der Waals surface area contributed by atoms with Crippen molar-refractivity contribution in [2.24, 2.45) is 0 Å². The van der Waals surface area contributed by atoms with Gasteiger partial charge in [0, 0.05) is 17.0 Å². The van der Waals surface area contributed by atoms with Crippen molar-refractivity contribution in [1.82, 2.24) is 20.2 Å². The number of hydrogen-bond donors (Lipinski definition) is 2. The highest BCUT2D eigenvalue weighted by Crippen LogP contribution is 2.37. The molecule has 28 heavy (non-hydrogen) atoms. The zero-order valence-electron chi connectivity index (χ0n) is 15.6. The molecule has 4 aromatic rings. The predicted molar refractivity (Wildman–Crippen MR) is 119 cm³/mol. The van der Waals surface area contributed by atoms with Crippen LogP contribution in [0.4, 0.5) is 5.13 Å². The lowest BCUT2D eigenvalue weighted by atomic mass is 10.1. The molecule has 0 amide bonds. The number of fused-ring (bicyclic) bond motifs is 1. The van der Waals surface area contributed by atoms with Gasteiger partial charge in [-0.15, -0.1) is 21.5 Å². The Balaban J connectivity index is 1.61. The Bertz CT molecular complexity index is 1150. The molecule has 0 spiro atoms. The number of aromatic amines is 1. The van der Waals surface area contributed by atoms with Crippen molar-refractivity contribution in [3.63, 3.8) is 0 Å². The molecule has 1 aromatic carbocycles. The van der Waals surface area contributed by atoms with Crippen LogP contribution in [-0.4, -0.2) is 26.2 Å². The summed E-state index contributed by atoms with van der Waals surface area (Å²) < 4.78 is 0.842. The number of thioether (sulfide) groups is 1. The summed E-state index contributed by atoms with van der Waals surface area (Å²) in [6.07, 6.45) is 0. The summed E-state index contributed by atoms with van der Waals surface area (Å²) in [7, 11) is 0. The van der Waals surface area contributed by atoms with E-state index < -0.39 is 0 Å². The van der Waals surface area contributed by atoms with E-state index in [4.69, 9.17) is 4.98 Å². The van der Waals surface area contributed by atoms with Crippen molar-refractivity contribution in [3.8, 4) is 11.1 Å². The molecule has 3 aromatic heterocycles. The molecule has 0 saturated heterocycles. The number of rotatable bonds is 6. The van der Waals surface area contributed by atoms with E-state index in [0.717, 1.165) is 25.4 Å². The van der Waals surface area contributed by atoms with Crippen LogP contribution in [0.3, 0.4) is 0 Å². The summed E-state index contributed by atoms with van der Waals surface area (Å²) in [5.74, 6) is 0.650. The Kier molecular flexibility index (Phi) is 5.47. The lowest BCUT2D eigenvalue weighted by Gasteiger charge is -2.08. The maximum Gasteiger partial charge on any atom is 0.260 e. The number of nitrogens with zero attached hydrogens (tertiary/aromatic N) is 3. The summed E-state index contributed by atoms with van der Waals surface area (Å²) >= 11 is 4.54. The first-order valence-corrected chi connectivity index (χ1v) is 11.4. The van der Waals surface area contributed by atoms with Crippen LogP contribution in [0, 0.1) is 0 Å². The third-order valence-corrected chi connectivity index (χ3v) is 6.95. The Morgan fingerprint density at radius 1 is 1.14 bits per heavy atom. The van der Waals surface area contributed by atoms with Crippen molar-refractivity contribution >= 4 is 49.8 Å². The molecule has 0 aliphatic carbocycles. The predicted octanol–water partition coefficient (Wildman–Crippen LogP) is 5.18. The highest BCUT2D eigenvalue weighted by atomic mass is 32.2. The second-order valence-electron chi connectivity index (χ2n) is 6.58. The average molecular weight is 430 g/mol. The first-order chi connectivity index (χ1) is 13.5. The van der Waals surface area contributed by atoms with E-state index in [-0.39, 0.29) is 10.8 Å². The molecule has 2 N–H and O–H groups in total. The number of H-pyrrole nitrogens is 1. The number of thiophene rings is 1. The third-order valence-electron chi connectivity index (χ3n) is 4.03. The standard InChI is InChI=1S/C19H19N5OS3/c1-10(2)20-18-23-24-19(28-18)27-11(3)15-21-16(25)14-13(9-26-17(14)22-15)12-7-5-4-6-8-12/h4-11H,1-3H3,(H,20,23)(H,21,22,25). The van der Waals surface area contributed by atoms with Gasteiger partial charge in [0.1, 0.15) is 10.7 Å². The Morgan fingerprint density at radius 2 is 1.93 bits per heavy atom. The van der Waals surface area contributed by atoms with E-state index in [1.165, 1.54) is 22.7 Å². The second-order valence-corrected chi connectivity index (χ2v) is 10.0. The first kappa shape index (κ1) is 19.1. The van der Waals surface area contributed by atoms with Gasteiger partial charge in [0.05, 0.1) is 10.6 Å². The quantitative estimate of drug-likeness (QED) is 0.411. The summed E-state index contributed by atoms with van der Waals surface area (Å²) in [5.41, 5.74) is 1.84. The van der Waals surface area contributed by atoms with Crippen LogP contribution in [0.25, 0.3) is 21.3 Å². The monoisotopic (exact) mass is 429 g/mol. The fraction of sp³-hybridized carbons (Fsp3) is 0.263. The van der Waals surface area contributed by atoms with Gasteiger partial charge in [-0.3, -0.25) is 4.79 Å². The van der Waals surface area contributed by atoms with Crippen LogP contribution in [-0.2, 0) is 0 Å². The summed E-state index contributed by atoms with van der Waals surface area (Å²) in [4.78, 5) is 21.2. The van der Waals surface area contributed by atoms with Gasteiger partial charge in [0.25, 0.3) is 5.56 Å². The Hall–Kier alpha value is -2.23. The fourth-order valence-corrected chi connectivity index (χ4v) is 5.81. The van der Waals surface area contributed by atoms with Crippen molar-refractivity contribution < 1.29 is 0 Å². The number of nitrogens with one attached hydrogen (secondary N) is 2. The van der Waals surface area contributed by atoms with Gasteiger partial charge >= 0.3 is 0 Å². The van der Waals surface area contributed by atoms with Gasteiger partial charge < -0.3 is 10.3 Å². The first-order valence-electron chi connectivity index (χ1n) is 8.85. The van der Waals surface area contributed by atoms with Gasteiger partial charge in [0.15, 0.2) is 4.34 Å². The molecule has 0 bridgehead atoms. The van der Waals surface area contributed by atoms with E-state index >= 15 is 0 Å². The third kappa shape index (κ3) is 3.96. The zero-order chi connectivity index (χ0) is 19.7. The van der Waals surface area contributed by atoms with Crippen LogP contribution in [0.2, 0.25) is 0 Å². The minimum atomic E-state index is -0.105. The van der Waals surface area contributed by atoms with Gasteiger partial charge in [-0.25, -0.2) is 4.98 Å². The molecule has 144 valence electrons. The lowest BCUT2D eigenvalue weighted by Crippen LogP contribution is -2.12. The van der Waals surface area contributed by atoms with Gasteiger partial charge in [-0.1, -0.05) is 53.4 Å². The smallest absolute Gasteiger partial charge is 0.260 e.